The zero-order valence-electron chi connectivity index (χ0n) is 13.8. The summed E-state index contributed by atoms with van der Waals surface area (Å²) in [5.41, 5.74) is 4.47. The Labute approximate surface area is 154 Å². The van der Waals surface area contributed by atoms with E-state index in [0.717, 1.165) is 33.2 Å². The number of nitrogens with one attached hydrogen (secondary N) is 2. The smallest absolute Gasteiger partial charge is 0.230 e. The minimum atomic E-state index is -0.0864. The summed E-state index contributed by atoms with van der Waals surface area (Å²) in [5, 5.41) is 12.7. The first-order valence-electron chi connectivity index (χ1n) is 8.17. The van der Waals surface area contributed by atoms with Gasteiger partial charge in [-0.3, -0.25) is 9.89 Å². The number of amides is 1. The van der Waals surface area contributed by atoms with Gasteiger partial charge < -0.3 is 5.32 Å². The van der Waals surface area contributed by atoms with Crippen LogP contribution in [-0.4, -0.2) is 21.1 Å². The van der Waals surface area contributed by atoms with Crippen molar-refractivity contribution in [2.75, 3.05) is 5.32 Å². The second kappa shape index (κ2) is 7.33. The lowest BCUT2D eigenvalue weighted by Crippen LogP contribution is -2.14. The third-order valence-electron chi connectivity index (χ3n) is 3.87. The van der Waals surface area contributed by atoms with Crippen LogP contribution in [0.4, 0.5) is 5.69 Å². The van der Waals surface area contributed by atoms with Crippen molar-refractivity contribution >= 4 is 22.9 Å². The summed E-state index contributed by atoms with van der Waals surface area (Å²) in [6, 6.07) is 19.5. The van der Waals surface area contributed by atoms with E-state index in [4.69, 9.17) is 0 Å². The first-order chi connectivity index (χ1) is 12.8. The van der Waals surface area contributed by atoms with Gasteiger partial charge >= 0.3 is 0 Å². The first kappa shape index (κ1) is 16.2. The number of anilines is 1. The van der Waals surface area contributed by atoms with Gasteiger partial charge in [0.1, 0.15) is 5.01 Å². The highest BCUT2D eigenvalue weighted by molar-refractivity contribution is 7.13. The maximum absolute atomic E-state index is 12.4. The molecule has 0 atom stereocenters. The first-order valence-corrected chi connectivity index (χ1v) is 9.05. The van der Waals surface area contributed by atoms with Crippen molar-refractivity contribution in [1.82, 2.24) is 15.2 Å². The Balaban J connectivity index is 1.43. The highest BCUT2D eigenvalue weighted by Gasteiger charge is 2.10. The van der Waals surface area contributed by atoms with Crippen LogP contribution in [0.1, 0.15) is 5.69 Å². The van der Waals surface area contributed by atoms with E-state index in [0.29, 0.717) is 0 Å². The van der Waals surface area contributed by atoms with Gasteiger partial charge in [-0.2, -0.15) is 5.10 Å². The molecule has 0 radical (unpaired) electrons. The summed E-state index contributed by atoms with van der Waals surface area (Å²) in [4.78, 5) is 16.9. The van der Waals surface area contributed by atoms with E-state index in [1.54, 1.807) is 17.5 Å². The number of hydrogen-bond acceptors (Lipinski definition) is 4. The minimum absolute atomic E-state index is 0.0864. The molecule has 0 fully saturated rings. The van der Waals surface area contributed by atoms with E-state index < -0.39 is 0 Å². The van der Waals surface area contributed by atoms with E-state index in [-0.39, 0.29) is 12.3 Å². The van der Waals surface area contributed by atoms with Crippen molar-refractivity contribution in [3.05, 3.63) is 77.9 Å². The number of aromatic amines is 1. The topological polar surface area (TPSA) is 70.7 Å². The molecule has 0 saturated carbocycles. The van der Waals surface area contributed by atoms with Crippen LogP contribution in [0.25, 0.3) is 21.8 Å². The van der Waals surface area contributed by atoms with Gasteiger partial charge in [-0.1, -0.05) is 42.5 Å². The highest BCUT2D eigenvalue weighted by Crippen LogP contribution is 2.24. The number of hydrogen-bond donors (Lipinski definition) is 2. The molecule has 6 heteroatoms. The highest BCUT2D eigenvalue weighted by atomic mass is 32.1. The normalized spacial score (nSPS) is 10.6. The lowest BCUT2D eigenvalue weighted by atomic mass is 10.1. The largest absolute Gasteiger partial charge is 0.326 e. The number of H-pyrrole nitrogens is 1. The van der Waals surface area contributed by atoms with Gasteiger partial charge in [0.05, 0.1) is 17.8 Å². The third kappa shape index (κ3) is 3.70. The van der Waals surface area contributed by atoms with Crippen LogP contribution in [0.15, 0.2) is 72.2 Å². The molecule has 4 aromatic rings. The molecule has 2 heterocycles. The van der Waals surface area contributed by atoms with Gasteiger partial charge in [-0.15, -0.1) is 11.3 Å². The number of thiazole rings is 1. The molecule has 4 rings (SSSR count). The monoisotopic (exact) mass is 360 g/mol. The minimum Gasteiger partial charge on any atom is -0.326 e. The fraction of sp³-hybridized carbons (Fsp3) is 0.0500. The summed E-state index contributed by atoms with van der Waals surface area (Å²) in [5.74, 6) is -0.0864. The number of benzene rings is 2. The Morgan fingerprint density at radius 1 is 1.04 bits per heavy atom. The predicted molar refractivity (Wildman–Crippen MR) is 104 cm³/mol. The van der Waals surface area contributed by atoms with E-state index in [1.807, 2.05) is 66.0 Å². The van der Waals surface area contributed by atoms with Crippen molar-refractivity contribution < 1.29 is 4.79 Å². The molecule has 0 unspecified atom stereocenters. The molecule has 0 saturated heterocycles. The van der Waals surface area contributed by atoms with Crippen molar-refractivity contribution in [3.8, 4) is 21.8 Å². The average molecular weight is 360 g/mol. The van der Waals surface area contributed by atoms with E-state index in [1.165, 1.54) is 0 Å². The van der Waals surface area contributed by atoms with E-state index >= 15 is 0 Å². The Hall–Kier alpha value is -3.25. The molecule has 2 aromatic heterocycles. The van der Waals surface area contributed by atoms with E-state index in [9.17, 15) is 4.79 Å². The third-order valence-corrected chi connectivity index (χ3v) is 4.81. The molecule has 1 amide bonds. The summed E-state index contributed by atoms with van der Waals surface area (Å²) in [6.45, 7) is 0. The zero-order valence-corrected chi connectivity index (χ0v) is 14.7. The number of carbonyl (C=O) groups excluding carboxylic acids is 1. The van der Waals surface area contributed by atoms with Crippen LogP contribution in [0.3, 0.4) is 0 Å². The summed E-state index contributed by atoms with van der Waals surface area (Å²) in [7, 11) is 0. The number of carbonyl (C=O) groups is 1. The van der Waals surface area contributed by atoms with Gasteiger partial charge in [0, 0.05) is 28.4 Å². The number of nitrogens with zero attached hydrogens (tertiary/aromatic N) is 2. The van der Waals surface area contributed by atoms with Gasteiger partial charge in [0.15, 0.2) is 0 Å². The number of rotatable bonds is 5. The Morgan fingerprint density at radius 2 is 1.88 bits per heavy atom. The molecule has 2 aromatic carbocycles. The lowest BCUT2D eigenvalue weighted by molar-refractivity contribution is -0.115. The Bertz CT molecular complexity index is 1010. The predicted octanol–water partition coefficient (Wildman–Crippen LogP) is 4.38. The van der Waals surface area contributed by atoms with Crippen LogP contribution in [0.5, 0.6) is 0 Å². The van der Waals surface area contributed by atoms with Crippen molar-refractivity contribution in [2.45, 2.75) is 6.42 Å². The van der Waals surface area contributed by atoms with Gasteiger partial charge in [-0.25, -0.2) is 4.98 Å². The summed E-state index contributed by atoms with van der Waals surface area (Å²) >= 11 is 1.55. The maximum atomic E-state index is 12.4. The van der Waals surface area contributed by atoms with Gasteiger partial charge in [0.25, 0.3) is 0 Å². The summed E-state index contributed by atoms with van der Waals surface area (Å²) < 4.78 is 0. The maximum Gasteiger partial charge on any atom is 0.230 e. The molecule has 2 N–H and O–H groups in total. The second-order valence-electron chi connectivity index (χ2n) is 5.79. The molecule has 26 heavy (non-hydrogen) atoms. The van der Waals surface area contributed by atoms with Crippen molar-refractivity contribution in [2.24, 2.45) is 0 Å². The second-order valence-corrected chi connectivity index (χ2v) is 6.64. The molecule has 128 valence electrons. The van der Waals surface area contributed by atoms with Crippen LogP contribution >= 0.6 is 11.3 Å². The van der Waals surface area contributed by atoms with Crippen LogP contribution in [0, 0.1) is 0 Å². The average Bonchev–Trinajstić information content (AvgIpc) is 3.35. The Morgan fingerprint density at radius 3 is 2.69 bits per heavy atom. The van der Waals surface area contributed by atoms with Crippen molar-refractivity contribution in [1.29, 1.82) is 0 Å². The fourth-order valence-electron chi connectivity index (χ4n) is 2.65. The molecular weight excluding hydrogens is 344 g/mol. The SMILES string of the molecule is O=C(Cc1csc(-c2ccccc2)n1)Nc1cccc(-c2ccn[nH]2)c1. The molecular formula is C20H16N4OS. The molecule has 0 spiro atoms. The zero-order chi connectivity index (χ0) is 17.8. The van der Waals surface area contributed by atoms with Gasteiger partial charge in [-0.05, 0) is 18.2 Å². The van der Waals surface area contributed by atoms with E-state index in [2.05, 4.69) is 20.5 Å². The Kier molecular flexibility index (Phi) is 4.57. The molecule has 0 bridgehead atoms. The molecule has 5 nitrogen and oxygen atoms in total. The van der Waals surface area contributed by atoms with Gasteiger partial charge in [0.2, 0.25) is 5.91 Å². The summed E-state index contributed by atoms with van der Waals surface area (Å²) in [6.07, 6.45) is 1.95. The lowest BCUT2D eigenvalue weighted by Gasteiger charge is -2.06. The molecule has 0 aliphatic rings. The van der Waals surface area contributed by atoms with Crippen LogP contribution in [0.2, 0.25) is 0 Å². The van der Waals surface area contributed by atoms with Crippen LogP contribution in [-0.2, 0) is 11.2 Å². The fourth-order valence-corrected chi connectivity index (χ4v) is 3.48. The standard InChI is InChI=1S/C20H16N4OS/c25-19(12-17-13-26-20(23-17)14-5-2-1-3-6-14)22-16-8-4-7-15(11-16)18-9-10-21-24-18/h1-11,13H,12H2,(H,21,24)(H,22,25). The number of aromatic nitrogens is 3. The quantitative estimate of drug-likeness (QED) is 0.555. The molecule has 0 aliphatic heterocycles. The molecule has 0 aliphatic carbocycles. The van der Waals surface area contributed by atoms with Crippen LogP contribution < -0.4 is 5.32 Å². The van der Waals surface area contributed by atoms with Crippen molar-refractivity contribution in [3.63, 3.8) is 0 Å².